The summed E-state index contributed by atoms with van der Waals surface area (Å²) in [6.45, 7) is 0. The van der Waals surface area contributed by atoms with Gasteiger partial charge < -0.3 is 5.32 Å². The molecule has 0 fully saturated rings. The second-order valence-corrected chi connectivity index (χ2v) is 6.64. The van der Waals surface area contributed by atoms with E-state index in [0.29, 0.717) is 11.3 Å². The summed E-state index contributed by atoms with van der Waals surface area (Å²) >= 11 is -2.11. The molecule has 0 saturated carbocycles. The molecule has 0 aromatic heterocycles. The van der Waals surface area contributed by atoms with E-state index in [4.69, 9.17) is 4.55 Å². The number of carbonyl (C=O) groups excluding carboxylic acids is 1. The van der Waals surface area contributed by atoms with Crippen molar-refractivity contribution in [2.24, 2.45) is 0 Å². The Labute approximate surface area is 137 Å². The normalized spacial score (nSPS) is 15.0. The Morgan fingerprint density at radius 3 is 2.43 bits per heavy atom. The Bertz CT molecular complexity index is 738. The van der Waals surface area contributed by atoms with Gasteiger partial charge in [-0.1, -0.05) is 30.3 Å². The van der Waals surface area contributed by atoms with Gasteiger partial charge in [-0.25, -0.2) is 4.21 Å². The average molecular weight is 330 g/mol. The Morgan fingerprint density at radius 1 is 1.17 bits per heavy atom. The van der Waals surface area contributed by atoms with Crippen LogP contribution in [0.4, 0.5) is 5.69 Å². The molecular formula is C17H18N2O3S. The van der Waals surface area contributed by atoms with Gasteiger partial charge in [0.25, 0.3) is 17.2 Å². The lowest BCUT2D eigenvalue weighted by molar-refractivity contribution is 0.0938. The van der Waals surface area contributed by atoms with Crippen LogP contribution in [0.2, 0.25) is 0 Å². The van der Waals surface area contributed by atoms with Crippen molar-refractivity contribution in [2.45, 2.75) is 18.9 Å². The predicted molar refractivity (Wildman–Crippen MR) is 90.7 cm³/mol. The first kappa shape index (κ1) is 15.7. The van der Waals surface area contributed by atoms with Crippen LogP contribution in [0.3, 0.4) is 0 Å². The van der Waals surface area contributed by atoms with Gasteiger partial charge in [-0.2, -0.15) is 0 Å². The molecule has 1 aliphatic rings. The fourth-order valence-electron chi connectivity index (χ4n) is 2.86. The lowest BCUT2D eigenvalue weighted by Gasteiger charge is -2.16. The number of hydrogen-bond donors (Lipinski definition) is 2. The van der Waals surface area contributed by atoms with E-state index in [2.05, 4.69) is 17.4 Å². The fourth-order valence-corrected chi connectivity index (χ4v) is 3.16. The monoisotopic (exact) mass is 330 g/mol. The maximum absolute atomic E-state index is 12.4. The third kappa shape index (κ3) is 3.43. The number of anilines is 1. The van der Waals surface area contributed by atoms with E-state index in [0.717, 1.165) is 12.8 Å². The third-order valence-corrected chi connectivity index (χ3v) is 4.77. The van der Waals surface area contributed by atoms with E-state index >= 15 is 0 Å². The Hall–Kier alpha value is -2.18. The third-order valence-electron chi connectivity index (χ3n) is 4.09. The predicted octanol–water partition coefficient (Wildman–Crippen LogP) is 2.16. The van der Waals surface area contributed by atoms with Gasteiger partial charge in [0.2, 0.25) is 0 Å². The summed E-state index contributed by atoms with van der Waals surface area (Å²) in [4.78, 5) is 12.4. The first-order valence-corrected chi connectivity index (χ1v) is 8.43. The molecule has 3 rings (SSSR count). The zero-order valence-corrected chi connectivity index (χ0v) is 13.5. The molecule has 1 atom stereocenters. The molecule has 0 bridgehead atoms. The van der Waals surface area contributed by atoms with Crippen LogP contribution in [-0.2, 0) is 24.1 Å². The molecule has 5 nitrogen and oxygen atoms in total. The van der Waals surface area contributed by atoms with Crippen LogP contribution in [0.15, 0.2) is 48.5 Å². The van der Waals surface area contributed by atoms with Gasteiger partial charge in [0.1, 0.15) is 0 Å². The average Bonchev–Trinajstić information content (AvgIpc) is 2.96. The SMILES string of the molecule is CN(c1cccc(C(=O)NC2Cc3ccccc3C2)c1)S(=O)O. The van der Waals surface area contributed by atoms with Gasteiger partial charge in [-0.05, 0) is 42.2 Å². The number of amides is 1. The lowest BCUT2D eigenvalue weighted by Crippen LogP contribution is -2.35. The highest BCUT2D eigenvalue weighted by Gasteiger charge is 2.23. The highest BCUT2D eigenvalue weighted by atomic mass is 32.2. The van der Waals surface area contributed by atoms with Crippen molar-refractivity contribution in [2.75, 3.05) is 11.4 Å². The first-order valence-electron chi connectivity index (χ1n) is 7.37. The molecule has 0 heterocycles. The number of nitrogens with one attached hydrogen (secondary N) is 1. The zero-order valence-electron chi connectivity index (χ0n) is 12.7. The minimum absolute atomic E-state index is 0.0910. The molecule has 6 heteroatoms. The van der Waals surface area contributed by atoms with Crippen molar-refractivity contribution < 1.29 is 13.6 Å². The highest BCUT2D eigenvalue weighted by Crippen LogP contribution is 2.22. The Kier molecular flexibility index (Phi) is 4.45. The molecule has 0 spiro atoms. The van der Waals surface area contributed by atoms with Crippen LogP contribution in [0.5, 0.6) is 0 Å². The highest BCUT2D eigenvalue weighted by molar-refractivity contribution is 7.80. The molecule has 1 amide bonds. The van der Waals surface area contributed by atoms with Crippen LogP contribution in [0.1, 0.15) is 21.5 Å². The molecular weight excluding hydrogens is 312 g/mol. The standard InChI is InChI=1S/C17H18N2O3S/c1-19(23(21)22)16-8-4-7-14(11-16)17(20)18-15-9-12-5-2-3-6-13(12)10-15/h2-8,11,15H,9-10H2,1H3,(H,18,20)(H,21,22). The second kappa shape index (κ2) is 6.52. The number of rotatable bonds is 4. The molecule has 2 aromatic carbocycles. The fraction of sp³-hybridized carbons (Fsp3) is 0.235. The van der Waals surface area contributed by atoms with Crippen molar-refractivity contribution in [3.8, 4) is 0 Å². The van der Waals surface area contributed by atoms with E-state index in [-0.39, 0.29) is 11.9 Å². The lowest BCUT2D eigenvalue weighted by atomic mass is 10.1. The largest absolute Gasteiger partial charge is 0.349 e. The molecule has 120 valence electrons. The van der Waals surface area contributed by atoms with Gasteiger partial charge in [0.05, 0.1) is 5.69 Å². The molecule has 0 saturated heterocycles. The number of hydrogen-bond acceptors (Lipinski definition) is 2. The zero-order chi connectivity index (χ0) is 16.4. The minimum atomic E-state index is -2.11. The smallest absolute Gasteiger partial charge is 0.261 e. The molecule has 1 aliphatic carbocycles. The van der Waals surface area contributed by atoms with Gasteiger partial charge in [0, 0.05) is 18.7 Å². The summed E-state index contributed by atoms with van der Waals surface area (Å²) in [5.74, 6) is -0.165. The summed E-state index contributed by atoms with van der Waals surface area (Å²) in [5.41, 5.74) is 3.56. The van der Waals surface area contributed by atoms with Crippen LogP contribution < -0.4 is 9.62 Å². The number of nitrogens with zero attached hydrogens (tertiary/aromatic N) is 1. The minimum Gasteiger partial charge on any atom is -0.349 e. The summed E-state index contributed by atoms with van der Waals surface area (Å²) in [6, 6.07) is 15.0. The number of benzene rings is 2. The summed E-state index contributed by atoms with van der Waals surface area (Å²) in [6.07, 6.45) is 1.67. The summed E-state index contributed by atoms with van der Waals surface area (Å²) in [5, 5.41) is 3.04. The maximum atomic E-state index is 12.4. The van der Waals surface area contributed by atoms with E-state index in [1.165, 1.54) is 22.5 Å². The summed E-state index contributed by atoms with van der Waals surface area (Å²) < 4.78 is 21.4. The Morgan fingerprint density at radius 2 is 1.83 bits per heavy atom. The van der Waals surface area contributed by atoms with E-state index in [1.807, 2.05) is 12.1 Å². The molecule has 2 aromatic rings. The van der Waals surface area contributed by atoms with Crippen LogP contribution in [0.25, 0.3) is 0 Å². The van der Waals surface area contributed by atoms with Crippen molar-refractivity contribution >= 4 is 22.9 Å². The first-order chi connectivity index (χ1) is 11.0. The summed E-state index contributed by atoms with van der Waals surface area (Å²) in [7, 11) is 1.50. The Balaban J connectivity index is 1.70. The number of carbonyl (C=O) groups is 1. The van der Waals surface area contributed by atoms with Gasteiger partial charge >= 0.3 is 0 Å². The van der Waals surface area contributed by atoms with E-state index in [9.17, 15) is 9.00 Å². The maximum Gasteiger partial charge on any atom is 0.261 e. The van der Waals surface area contributed by atoms with E-state index < -0.39 is 11.3 Å². The molecule has 2 N–H and O–H groups in total. The van der Waals surface area contributed by atoms with Gasteiger partial charge in [-0.3, -0.25) is 13.7 Å². The van der Waals surface area contributed by atoms with Gasteiger partial charge in [0.15, 0.2) is 0 Å². The van der Waals surface area contributed by atoms with Crippen molar-refractivity contribution in [3.05, 3.63) is 65.2 Å². The van der Waals surface area contributed by atoms with Crippen LogP contribution in [0, 0.1) is 0 Å². The van der Waals surface area contributed by atoms with Crippen LogP contribution >= 0.6 is 0 Å². The topological polar surface area (TPSA) is 69.6 Å². The molecule has 23 heavy (non-hydrogen) atoms. The molecule has 0 aliphatic heterocycles. The van der Waals surface area contributed by atoms with Gasteiger partial charge in [-0.15, -0.1) is 0 Å². The number of fused-ring (bicyclic) bond motifs is 1. The van der Waals surface area contributed by atoms with Crippen molar-refractivity contribution in [1.82, 2.24) is 5.32 Å². The van der Waals surface area contributed by atoms with Crippen LogP contribution in [-0.4, -0.2) is 27.8 Å². The molecule has 0 radical (unpaired) electrons. The van der Waals surface area contributed by atoms with Crippen molar-refractivity contribution in [1.29, 1.82) is 0 Å². The van der Waals surface area contributed by atoms with E-state index in [1.54, 1.807) is 24.3 Å². The quantitative estimate of drug-likeness (QED) is 0.844. The second-order valence-electron chi connectivity index (χ2n) is 5.63. The van der Waals surface area contributed by atoms with Crippen molar-refractivity contribution in [3.63, 3.8) is 0 Å². The molecule has 1 unspecified atom stereocenters.